The van der Waals surface area contributed by atoms with Gasteiger partial charge in [0, 0.05) is 30.6 Å². The lowest BCUT2D eigenvalue weighted by molar-refractivity contribution is 0.239. The first-order valence-electron chi connectivity index (χ1n) is 8.34. The first-order valence-corrected chi connectivity index (χ1v) is 8.34. The number of hydrogen-bond acceptors (Lipinski definition) is 4. The van der Waals surface area contributed by atoms with Gasteiger partial charge in [-0.05, 0) is 24.1 Å². The third-order valence-electron chi connectivity index (χ3n) is 4.40. The van der Waals surface area contributed by atoms with Gasteiger partial charge in [-0.15, -0.1) is 0 Å². The minimum Gasteiger partial charge on any atom is -0.497 e. The summed E-state index contributed by atoms with van der Waals surface area (Å²) in [6, 6.07) is 8.11. The normalized spacial score (nSPS) is 15.2. The molecule has 0 saturated heterocycles. The number of rotatable bonds is 3. The van der Waals surface area contributed by atoms with Crippen LogP contribution in [0.3, 0.4) is 0 Å². The fourth-order valence-corrected chi connectivity index (χ4v) is 3.01. The van der Waals surface area contributed by atoms with Crippen LogP contribution in [0.5, 0.6) is 5.75 Å². The van der Waals surface area contributed by atoms with E-state index >= 15 is 0 Å². The molecule has 24 heavy (non-hydrogen) atoms. The number of aromatic amines is 1. The predicted octanol–water partition coefficient (Wildman–Crippen LogP) is 2.63. The van der Waals surface area contributed by atoms with Crippen LogP contribution in [0.25, 0.3) is 0 Å². The molecular weight excluding hydrogens is 302 g/mol. The van der Waals surface area contributed by atoms with E-state index in [9.17, 15) is 4.79 Å². The van der Waals surface area contributed by atoms with Crippen LogP contribution in [0, 0.1) is 0 Å². The van der Waals surface area contributed by atoms with Crippen molar-refractivity contribution >= 4 is 0 Å². The van der Waals surface area contributed by atoms with Gasteiger partial charge in [-0.2, -0.15) is 0 Å². The van der Waals surface area contributed by atoms with Crippen LogP contribution in [0.2, 0.25) is 0 Å². The number of nitrogens with one attached hydrogen (secondary N) is 1. The molecule has 0 fully saturated rings. The Morgan fingerprint density at radius 1 is 1.33 bits per heavy atom. The van der Waals surface area contributed by atoms with Crippen molar-refractivity contribution in [2.45, 2.75) is 45.7 Å². The summed E-state index contributed by atoms with van der Waals surface area (Å²) in [5.41, 5.74) is 2.82. The van der Waals surface area contributed by atoms with Crippen molar-refractivity contribution in [1.29, 1.82) is 0 Å². The quantitative estimate of drug-likeness (QED) is 0.941. The summed E-state index contributed by atoms with van der Waals surface area (Å²) in [7, 11) is 1.68. The standard InChI is InChI=1S/C19H25N3O2/c1-19(2,3)18-20-16-12-22(9-8-15(16)17(23)21-18)11-13-6-5-7-14(10-13)24-4/h5-7,10H,8-9,11-12H2,1-4H3,(H,20,21,23). The van der Waals surface area contributed by atoms with E-state index in [1.165, 1.54) is 5.56 Å². The van der Waals surface area contributed by atoms with E-state index in [0.717, 1.165) is 42.3 Å². The zero-order valence-electron chi connectivity index (χ0n) is 14.8. The minimum absolute atomic E-state index is 0.0194. The van der Waals surface area contributed by atoms with Crippen LogP contribution in [0.4, 0.5) is 0 Å². The summed E-state index contributed by atoms with van der Waals surface area (Å²) >= 11 is 0. The number of hydrogen-bond donors (Lipinski definition) is 1. The summed E-state index contributed by atoms with van der Waals surface area (Å²) < 4.78 is 5.29. The molecule has 1 aromatic carbocycles. The fraction of sp³-hybridized carbons (Fsp3) is 0.474. The molecule has 128 valence electrons. The van der Waals surface area contributed by atoms with Crippen molar-refractivity contribution in [3.63, 3.8) is 0 Å². The molecule has 1 N–H and O–H groups in total. The lowest BCUT2D eigenvalue weighted by atomic mass is 9.95. The molecule has 0 unspecified atom stereocenters. The summed E-state index contributed by atoms with van der Waals surface area (Å²) in [6.07, 6.45) is 0.742. The van der Waals surface area contributed by atoms with Gasteiger partial charge in [-0.3, -0.25) is 9.69 Å². The third-order valence-corrected chi connectivity index (χ3v) is 4.40. The van der Waals surface area contributed by atoms with Gasteiger partial charge in [-0.1, -0.05) is 32.9 Å². The van der Waals surface area contributed by atoms with Gasteiger partial charge in [0.1, 0.15) is 11.6 Å². The van der Waals surface area contributed by atoms with Gasteiger partial charge in [0.25, 0.3) is 5.56 Å². The number of methoxy groups -OCH3 is 1. The zero-order valence-corrected chi connectivity index (χ0v) is 14.8. The van der Waals surface area contributed by atoms with Crippen molar-refractivity contribution in [2.24, 2.45) is 0 Å². The van der Waals surface area contributed by atoms with Gasteiger partial charge < -0.3 is 9.72 Å². The van der Waals surface area contributed by atoms with Crippen LogP contribution >= 0.6 is 0 Å². The molecule has 1 aliphatic heterocycles. The van der Waals surface area contributed by atoms with Crippen LogP contribution in [-0.4, -0.2) is 28.5 Å². The van der Waals surface area contributed by atoms with Crippen molar-refractivity contribution in [3.05, 3.63) is 57.3 Å². The Kier molecular flexibility index (Phi) is 4.45. The van der Waals surface area contributed by atoms with E-state index in [2.05, 4.69) is 42.8 Å². The lowest BCUT2D eigenvalue weighted by Crippen LogP contribution is -2.36. The molecule has 0 amide bonds. The second-order valence-corrected chi connectivity index (χ2v) is 7.40. The smallest absolute Gasteiger partial charge is 0.254 e. The highest BCUT2D eigenvalue weighted by molar-refractivity contribution is 5.29. The molecule has 0 spiro atoms. The van der Waals surface area contributed by atoms with E-state index < -0.39 is 0 Å². The van der Waals surface area contributed by atoms with Gasteiger partial charge in [0.2, 0.25) is 0 Å². The van der Waals surface area contributed by atoms with Gasteiger partial charge >= 0.3 is 0 Å². The molecule has 0 aliphatic carbocycles. The van der Waals surface area contributed by atoms with E-state index in [4.69, 9.17) is 9.72 Å². The predicted molar refractivity (Wildman–Crippen MR) is 94.4 cm³/mol. The molecule has 2 aromatic rings. The highest BCUT2D eigenvalue weighted by Crippen LogP contribution is 2.22. The second kappa shape index (κ2) is 6.40. The molecule has 1 aromatic heterocycles. The summed E-state index contributed by atoms with van der Waals surface area (Å²) in [6.45, 7) is 8.59. The van der Waals surface area contributed by atoms with E-state index in [1.807, 2.05) is 12.1 Å². The average Bonchev–Trinajstić information content (AvgIpc) is 2.54. The number of fused-ring (bicyclic) bond motifs is 1. The molecular formula is C19H25N3O2. The highest BCUT2D eigenvalue weighted by Gasteiger charge is 2.24. The first-order chi connectivity index (χ1) is 11.4. The Labute approximate surface area is 142 Å². The molecule has 0 saturated carbocycles. The molecule has 0 radical (unpaired) electrons. The van der Waals surface area contributed by atoms with Crippen LogP contribution in [0.15, 0.2) is 29.1 Å². The van der Waals surface area contributed by atoms with Gasteiger partial charge in [0.05, 0.1) is 12.8 Å². The highest BCUT2D eigenvalue weighted by atomic mass is 16.5. The average molecular weight is 327 g/mol. The maximum Gasteiger partial charge on any atom is 0.254 e. The van der Waals surface area contributed by atoms with Crippen LogP contribution in [-0.2, 0) is 24.9 Å². The van der Waals surface area contributed by atoms with Crippen molar-refractivity contribution in [3.8, 4) is 5.75 Å². The molecule has 5 nitrogen and oxygen atoms in total. The summed E-state index contributed by atoms with van der Waals surface area (Å²) in [4.78, 5) is 22.4. The monoisotopic (exact) mass is 327 g/mol. The van der Waals surface area contributed by atoms with Gasteiger partial charge in [0.15, 0.2) is 0 Å². The minimum atomic E-state index is -0.163. The second-order valence-electron chi connectivity index (χ2n) is 7.40. The Balaban J connectivity index is 1.83. The summed E-state index contributed by atoms with van der Waals surface area (Å²) in [5, 5.41) is 0. The van der Waals surface area contributed by atoms with Crippen molar-refractivity contribution in [1.82, 2.24) is 14.9 Å². The zero-order chi connectivity index (χ0) is 17.3. The number of nitrogens with zero attached hydrogens (tertiary/aromatic N) is 2. The molecule has 1 aliphatic rings. The number of ether oxygens (including phenoxy) is 1. The Hall–Kier alpha value is -2.14. The van der Waals surface area contributed by atoms with E-state index in [-0.39, 0.29) is 11.0 Å². The molecule has 3 rings (SSSR count). The number of H-pyrrole nitrogens is 1. The molecule has 5 heteroatoms. The van der Waals surface area contributed by atoms with E-state index in [0.29, 0.717) is 6.54 Å². The maximum atomic E-state index is 12.3. The number of benzene rings is 1. The van der Waals surface area contributed by atoms with Crippen LogP contribution in [0.1, 0.15) is 43.4 Å². The first kappa shape index (κ1) is 16.7. The van der Waals surface area contributed by atoms with Crippen molar-refractivity contribution in [2.75, 3.05) is 13.7 Å². The summed E-state index contributed by atoms with van der Waals surface area (Å²) in [5.74, 6) is 1.63. The lowest BCUT2D eigenvalue weighted by Gasteiger charge is -2.29. The fourth-order valence-electron chi connectivity index (χ4n) is 3.01. The molecule has 0 bridgehead atoms. The Morgan fingerprint density at radius 2 is 2.12 bits per heavy atom. The van der Waals surface area contributed by atoms with Crippen molar-refractivity contribution < 1.29 is 4.74 Å². The Morgan fingerprint density at radius 3 is 2.83 bits per heavy atom. The SMILES string of the molecule is COc1cccc(CN2CCc3c(nc(C(C)(C)C)[nH]c3=O)C2)c1. The molecule has 2 heterocycles. The van der Waals surface area contributed by atoms with Crippen LogP contribution < -0.4 is 10.3 Å². The molecule has 0 atom stereocenters. The topological polar surface area (TPSA) is 58.2 Å². The number of aromatic nitrogens is 2. The third kappa shape index (κ3) is 3.51. The Bertz CT molecular complexity index is 790. The largest absolute Gasteiger partial charge is 0.497 e. The van der Waals surface area contributed by atoms with Gasteiger partial charge in [-0.25, -0.2) is 4.98 Å². The van der Waals surface area contributed by atoms with E-state index in [1.54, 1.807) is 7.11 Å². The maximum absolute atomic E-state index is 12.3.